The summed E-state index contributed by atoms with van der Waals surface area (Å²) in [6.45, 7) is 0.819. The largest absolute Gasteiger partial charge is 0.363 e. The molecule has 7 heteroatoms. The number of thiophene rings is 1. The van der Waals surface area contributed by atoms with Gasteiger partial charge in [-0.2, -0.15) is 4.98 Å². The van der Waals surface area contributed by atoms with Crippen LogP contribution in [0.15, 0.2) is 17.5 Å². The van der Waals surface area contributed by atoms with E-state index in [1.54, 1.807) is 16.0 Å². The summed E-state index contributed by atoms with van der Waals surface area (Å²) >= 11 is 1.68. The Labute approximate surface area is 101 Å². The molecule has 1 aliphatic rings. The lowest BCUT2D eigenvalue weighted by Crippen LogP contribution is -2.24. The summed E-state index contributed by atoms with van der Waals surface area (Å²) in [6.07, 6.45) is 0.926. The number of anilines is 1. The van der Waals surface area contributed by atoms with Crippen molar-refractivity contribution in [2.75, 3.05) is 11.9 Å². The van der Waals surface area contributed by atoms with Gasteiger partial charge >= 0.3 is 0 Å². The van der Waals surface area contributed by atoms with Crippen LogP contribution in [0.4, 0.5) is 5.95 Å². The van der Waals surface area contributed by atoms with Crippen molar-refractivity contribution in [3.05, 3.63) is 28.2 Å². The van der Waals surface area contributed by atoms with Crippen molar-refractivity contribution in [2.24, 2.45) is 5.73 Å². The Morgan fingerprint density at radius 1 is 1.65 bits per heavy atom. The first-order valence-electron chi connectivity index (χ1n) is 5.29. The van der Waals surface area contributed by atoms with E-state index in [1.165, 1.54) is 4.88 Å². The third-order valence-corrected chi connectivity index (χ3v) is 3.69. The molecule has 6 nitrogen and oxygen atoms in total. The average molecular weight is 249 g/mol. The fraction of sp³-hybridized carbons (Fsp3) is 0.300. The molecule has 3 N–H and O–H groups in total. The average Bonchev–Trinajstić information content (AvgIpc) is 2.97. The molecule has 0 saturated heterocycles. The molecule has 3 rings (SSSR count). The van der Waals surface area contributed by atoms with E-state index in [4.69, 9.17) is 5.73 Å². The van der Waals surface area contributed by atoms with Crippen LogP contribution in [0, 0.1) is 0 Å². The maximum atomic E-state index is 11.1. The summed E-state index contributed by atoms with van der Waals surface area (Å²) in [5.74, 6) is 0.0815. The van der Waals surface area contributed by atoms with Crippen LogP contribution in [0.25, 0.3) is 0 Å². The maximum absolute atomic E-state index is 11.1. The fourth-order valence-corrected chi connectivity index (χ4v) is 2.80. The third kappa shape index (κ3) is 1.68. The lowest BCUT2D eigenvalue weighted by molar-refractivity contribution is 0.0990. The number of rotatable bonds is 2. The Hall–Kier alpha value is -1.89. The van der Waals surface area contributed by atoms with E-state index in [9.17, 15) is 4.79 Å². The first kappa shape index (κ1) is 10.3. The minimum Gasteiger partial charge on any atom is -0.363 e. The van der Waals surface area contributed by atoms with E-state index < -0.39 is 5.91 Å². The number of hydrogen-bond donors (Lipinski definition) is 2. The molecule has 0 aromatic carbocycles. The molecule has 1 unspecified atom stereocenters. The van der Waals surface area contributed by atoms with Gasteiger partial charge in [-0.05, 0) is 17.9 Å². The van der Waals surface area contributed by atoms with Crippen LogP contribution in [0.5, 0.6) is 0 Å². The molecule has 0 bridgehead atoms. The molecule has 1 amide bonds. The number of aromatic nitrogens is 3. The molecule has 17 heavy (non-hydrogen) atoms. The molecule has 0 saturated carbocycles. The molecule has 1 atom stereocenters. The SMILES string of the molecule is NC(=O)c1nc2n(n1)C(c1cccs1)CCN2. The van der Waals surface area contributed by atoms with Gasteiger partial charge in [-0.3, -0.25) is 4.79 Å². The van der Waals surface area contributed by atoms with Crippen molar-refractivity contribution < 1.29 is 4.79 Å². The second-order valence-electron chi connectivity index (χ2n) is 3.81. The molecular weight excluding hydrogens is 238 g/mol. The molecule has 2 aromatic rings. The van der Waals surface area contributed by atoms with Crippen LogP contribution in [0.1, 0.15) is 28.0 Å². The lowest BCUT2D eigenvalue weighted by Gasteiger charge is -2.23. The normalized spacial score (nSPS) is 18.5. The molecule has 0 radical (unpaired) electrons. The number of nitrogens with two attached hydrogens (primary N) is 1. The second kappa shape index (κ2) is 3.85. The van der Waals surface area contributed by atoms with Gasteiger partial charge in [0.1, 0.15) is 0 Å². The monoisotopic (exact) mass is 249 g/mol. The van der Waals surface area contributed by atoms with Crippen LogP contribution in [-0.4, -0.2) is 27.2 Å². The molecule has 1 aliphatic heterocycles. The van der Waals surface area contributed by atoms with Crippen molar-refractivity contribution in [1.82, 2.24) is 14.8 Å². The van der Waals surface area contributed by atoms with E-state index in [0.717, 1.165) is 13.0 Å². The lowest BCUT2D eigenvalue weighted by atomic mass is 10.1. The van der Waals surface area contributed by atoms with Crippen LogP contribution in [0.2, 0.25) is 0 Å². The molecule has 0 fully saturated rings. The van der Waals surface area contributed by atoms with Gasteiger partial charge in [-0.1, -0.05) is 6.07 Å². The minimum absolute atomic E-state index is 0.0657. The maximum Gasteiger partial charge on any atom is 0.288 e. The smallest absolute Gasteiger partial charge is 0.288 e. The summed E-state index contributed by atoms with van der Waals surface area (Å²) in [7, 11) is 0. The van der Waals surface area contributed by atoms with E-state index >= 15 is 0 Å². The summed E-state index contributed by atoms with van der Waals surface area (Å²) in [5, 5.41) is 9.31. The zero-order chi connectivity index (χ0) is 11.8. The Kier molecular flexibility index (Phi) is 2.32. The summed E-state index contributed by atoms with van der Waals surface area (Å²) in [4.78, 5) is 16.4. The number of carbonyl (C=O) groups is 1. The van der Waals surface area contributed by atoms with Gasteiger partial charge in [-0.15, -0.1) is 16.4 Å². The second-order valence-corrected chi connectivity index (χ2v) is 4.79. The van der Waals surface area contributed by atoms with Gasteiger partial charge in [0, 0.05) is 11.4 Å². The predicted molar refractivity (Wildman–Crippen MR) is 64.1 cm³/mol. The minimum atomic E-state index is -0.598. The van der Waals surface area contributed by atoms with Gasteiger partial charge in [0.15, 0.2) is 0 Å². The van der Waals surface area contributed by atoms with Gasteiger partial charge in [0.2, 0.25) is 11.8 Å². The Bertz CT molecular complexity index is 547. The fourth-order valence-electron chi connectivity index (χ4n) is 1.95. The highest BCUT2D eigenvalue weighted by Crippen LogP contribution is 2.30. The third-order valence-electron chi connectivity index (χ3n) is 2.72. The van der Waals surface area contributed by atoms with Crippen molar-refractivity contribution in [3.63, 3.8) is 0 Å². The van der Waals surface area contributed by atoms with Gasteiger partial charge in [-0.25, -0.2) is 4.68 Å². The van der Waals surface area contributed by atoms with Crippen LogP contribution < -0.4 is 11.1 Å². The summed E-state index contributed by atoms with van der Waals surface area (Å²) in [5.41, 5.74) is 5.19. The van der Waals surface area contributed by atoms with Crippen LogP contribution in [-0.2, 0) is 0 Å². The Morgan fingerprint density at radius 3 is 3.24 bits per heavy atom. The number of amides is 1. The highest BCUT2D eigenvalue weighted by atomic mass is 32.1. The van der Waals surface area contributed by atoms with Crippen LogP contribution in [0.3, 0.4) is 0 Å². The topological polar surface area (TPSA) is 85.8 Å². The predicted octanol–water partition coefficient (Wildman–Crippen LogP) is 0.843. The highest BCUT2D eigenvalue weighted by molar-refractivity contribution is 7.10. The zero-order valence-electron chi connectivity index (χ0n) is 8.96. The van der Waals surface area contributed by atoms with E-state index in [2.05, 4.69) is 21.5 Å². The first-order chi connectivity index (χ1) is 8.25. The summed E-state index contributed by atoms with van der Waals surface area (Å²) in [6, 6.07) is 4.22. The molecule has 88 valence electrons. The van der Waals surface area contributed by atoms with Gasteiger partial charge in [0.25, 0.3) is 5.91 Å². The van der Waals surface area contributed by atoms with E-state index in [-0.39, 0.29) is 11.9 Å². The molecule has 2 aromatic heterocycles. The standard InChI is InChI=1S/C10H11N5OS/c11-8(16)9-13-10-12-4-3-6(15(10)14-9)7-2-1-5-17-7/h1-2,5-6H,3-4H2,(H2,11,16)(H,12,13,14). The van der Waals surface area contributed by atoms with E-state index in [1.807, 2.05) is 11.4 Å². The first-order valence-corrected chi connectivity index (χ1v) is 6.17. The number of carbonyl (C=O) groups excluding carboxylic acids is 1. The van der Waals surface area contributed by atoms with Crippen molar-refractivity contribution in [2.45, 2.75) is 12.5 Å². The van der Waals surface area contributed by atoms with Crippen molar-refractivity contribution in [3.8, 4) is 0 Å². The number of fused-ring (bicyclic) bond motifs is 1. The Morgan fingerprint density at radius 2 is 2.53 bits per heavy atom. The molecule has 0 spiro atoms. The van der Waals surface area contributed by atoms with Gasteiger partial charge < -0.3 is 11.1 Å². The number of primary amides is 1. The summed E-state index contributed by atoms with van der Waals surface area (Å²) < 4.78 is 1.75. The molecule has 0 aliphatic carbocycles. The van der Waals surface area contributed by atoms with Crippen molar-refractivity contribution in [1.29, 1.82) is 0 Å². The molecular formula is C10H11N5OS. The number of nitrogens with one attached hydrogen (secondary N) is 1. The zero-order valence-corrected chi connectivity index (χ0v) is 9.78. The number of nitrogens with zero attached hydrogens (tertiary/aromatic N) is 3. The number of hydrogen-bond acceptors (Lipinski definition) is 5. The quantitative estimate of drug-likeness (QED) is 0.826. The Balaban J connectivity index is 2.04. The van der Waals surface area contributed by atoms with E-state index in [0.29, 0.717) is 5.95 Å². The van der Waals surface area contributed by atoms with Crippen molar-refractivity contribution >= 4 is 23.2 Å². The molecule has 3 heterocycles. The van der Waals surface area contributed by atoms with Crippen LogP contribution >= 0.6 is 11.3 Å². The highest BCUT2D eigenvalue weighted by Gasteiger charge is 2.26. The van der Waals surface area contributed by atoms with Gasteiger partial charge in [0.05, 0.1) is 6.04 Å².